The molecule has 3 aromatic rings. The number of carbonyl (C=O) groups is 1. The molecular weight excluding hydrogens is 250 g/mol. The number of benzene rings is 1. The lowest BCUT2D eigenvalue weighted by Gasteiger charge is -2.05. The maximum absolute atomic E-state index is 12.7. The number of nitrogens with zero attached hydrogens (tertiary/aromatic N) is 3. The summed E-state index contributed by atoms with van der Waals surface area (Å²) in [6.45, 7) is 2.03. The summed E-state index contributed by atoms with van der Waals surface area (Å²) in [4.78, 5) is 16.8. The van der Waals surface area contributed by atoms with E-state index in [1.807, 2.05) is 37.3 Å². The first kappa shape index (κ1) is 12.5. The molecule has 1 aromatic carbocycles. The first-order chi connectivity index (χ1) is 9.70. The van der Waals surface area contributed by atoms with Crippen molar-refractivity contribution in [1.82, 2.24) is 14.8 Å². The maximum atomic E-state index is 12.7. The molecule has 0 aliphatic rings. The Labute approximate surface area is 117 Å². The van der Waals surface area contributed by atoms with Gasteiger partial charge in [-0.15, -0.1) is 0 Å². The van der Waals surface area contributed by atoms with E-state index in [0.717, 1.165) is 22.9 Å². The molecular formula is C16H15N3O. The third-order valence-corrected chi connectivity index (χ3v) is 3.45. The van der Waals surface area contributed by atoms with Crippen molar-refractivity contribution in [2.45, 2.75) is 13.3 Å². The van der Waals surface area contributed by atoms with Crippen LogP contribution in [0.5, 0.6) is 0 Å². The van der Waals surface area contributed by atoms with E-state index in [9.17, 15) is 4.79 Å². The Balaban J connectivity index is 2.15. The number of ketones is 1. The molecule has 0 radical (unpaired) electrons. The number of carbonyl (C=O) groups excluding carboxylic acids is 1. The minimum Gasteiger partial charge on any atom is -0.287 e. The molecule has 0 aliphatic heterocycles. The summed E-state index contributed by atoms with van der Waals surface area (Å²) >= 11 is 0. The quantitative estimate of drug-likeness (QED) is 0.684. The van der Waals surface area contributed by atoms with Crippen molar-refractivity contribution in [3.8, 4) is 0 Å². The lowest BCUT2D eigenvalue weighted by Crippen LogP contribution is -2.08. The second-order valence-corrected chi connectivity index (χ2v) is 4.73. The average molecular weight is 265 g/mol. The van der Waals surface area contributed by atoms with Gasteiger partial charge in [0.1, 0.15) is 5.69 Å². The van der Waals surface area contributed by atoms with Gasteiger partial charge in [-0.2, -0.15) is 5.10 Å². The summed E-state index contributed by atoms with van der Waals surface area (Å²) in [6, 6.07) is 9.43. The number of hydrogen-bond donors (Lipinski definition) is 0. The van der Waals surface area contributed by atoms with Gasteiger partial charge in [-0.25, -0.2) is 0 Å². The molecule has 0 aliphatic carbocycles. The van der Waals surface area contributed by atoms with Gasteiger partial charge < -0.3 is 0 Å². The Morgan fingerprint density at radius 3 is 2.90 bits per heavy atom. The van der Waals surface area contributed by atoms with Gasteiger partial charge in [0.15, 0.2) is 0 Å². The normalized spacial score (nSPS) is 10.9. The Bertz CT molecular complexity index is 784. The molecule has 0 spiro atoms. The number of aromatic nitrogens is 3. The minimum atomic E-state index is -0.00324. The molecule has 0 fully saturated rings. The molecule has 0 amide bonds. The van der Waals surface area contributed by atoms with Crippen molar-refractivity contribution in [3.63, 3.8) is 0 Å². The highest BCUT2D eigenvalue weighted by atomic mass is 16.1. The number of hydrogen-bond acceptors (Lipinski definition) is 3. The van der Waals surface area contributed by atoms with Crippen LogP contribution in [0, 0.1) is 0 Å². The van der Waals surface area contributed by atoms with Crippen LogP contribution < -0.4 is 0 Å². The van der Waals surface area contributed by atoms with Gasteiger partial charge in [0.2, 0.25) is 5.78 Å². The van der Waals surface area contributed by atoms with Crippen LogP contribution in [0.1, 0.15) is 28.7 Å². The van der Waals surface area contributed by atoms with Crippen LogP contribution in [0.15, 0.2) is 42.7 Å². The number of aryl methyl sites for hydroxylation is 2. The van der Waals surface area contributed by atoms with Crippen LogP contribution in [-0.4, -0.2) is 20.5 Å². The van der Waals surface area contributed by atoms with Gasteiger partial charge in [0, 0.05) is 30.4 Å². The van der Waals surface area contributed by atoms with Crippen LogP contribution in [-0.2, 0) is 13.5 Å². The predicted octanol–water partition coefficient (Wildman–Crippen LogP) is 2.76. The Kier molecular flexibility index (Phi) is 3.06. The van der Waals surface area contributed by atoms with Gasteiger partial charge in [-0.1, -0.05) is 25.1 Å². The lowest BCUT2D eigenvalue weighted by atomic mass is 10.0. The van der Waals surface area contributed by atoms with E-state index >= 15 is 0 Å². The minimum absolute atomic E-state index is 0.00324. The zero-order valence-corrected chi connectivity index (χ0v) is 11.5. The number of rotatable bonds is 3. The van der Waals surface area contributed by atoms with E-state index in [1.54, 1.807) is 24.1 Å². The predicted molar refractivity (Wildman–Crippen MR) is 77.8 cm³/mol. The fraction of sp³-hybridized carbons (Fsp3) is 0.188. The molecule has 0 bridgehead atoms. The van der Waals surface area contributed by atoms with Crippen molar-refractivity contribution in [2.24, 2.45) is 7.05 Å². The molecule has 0 saturated carbocycles. The van der Waals surface area contributed by atoms with Gasteiger partial charge in [-0.05, 0) is 23.9 Å². The van der Waals surface area contributed by atoms with E-state index in [4.69, 9.17) is 0 Å². The van der Waals surface area contributed by atoms with E-state index in [-0.39, 0.29) is 5.78 Å². The molecule has 2 heterocycles. The average Bonchev–Trinajstić information content (AvgIpc) is 2.87. The van der Waals surface area contributed by atoms with Gasteiger partial charge >= 0.3 is 0 Å². The molecule has 4 heteroatoms. The summed E-state index contributed by atoms with van der Waals surface area (Å²) in [5.41, 5.74) is 2.24. The topological polar surface area (TPSA) is 47.8 Å². The summed E-state index contributed by atoms with van der Waals surface area (Å²) in [5.74, 6) is -0.00324. The monoisotopic (exact) mass is 265 g/mol. The van der Waals surface area contributed by atoms with Crippen LogP contribution in [0.2, 0.25) is 0 Å². The lowest BCUT2D eigenvalue weighted by molar-refractivity contribution is 0.103. The molecule has 2 aromatic heterocycles. The molecule has 0 unspecified atom stereocenters. The Morgan fingerprint density at radius 2 is 2.15 bits per heavy atom. The van der Waals surface area contributed by atoms with E-state index in [2.05, 4.69) is 10.1 Å². The summed E-state index contributed by atoms with van der Waals surface area (Å²) in [6.07, 6.45) is 4.30. The van der Waals surface area contributed by atoms with Crippen LogP contribution in [0.3, 0.4) is 0 Å². The molecule has 0 atom stereocenters. The van der Waals surface area contributed by atoms with Gasteiger partial charge in [0.05, 0.1) is 5.69 Å². The number of fused-ring (bicyclic) bond motifs is 1. The zero-order chi connectivity index (χ0) is 14.1. The highest BCUT2D eigenvalue weighted by molar-refractivity contribution is 6.15. The van der Waals surface area contributed by atoms with Crippen molar-refractivity contribution < 1.29 is 4.79 Å². The highest BCUT2D eigenvalue weighted by Gasteiger charge is 2.17. The molecule has 3 rings (SSSR count). The van der Waals surface area contributed by atoms with Gasteiger partial charge in [0.25, 0.3) is 0 Å². The fourth-order valence-electron chi connectivity index (χ4n) is 2.37. The molecule has 4 nitrogen and oxygen atoms in total. The van der Waals surface area contributed by atoms with Crippen LogP contribution in [0.25, 0.3) is 10.8 Å². The zero-order valence-electron chi connectivity index (χ0n) is 11.5. The van der Waals surface area contributed by atoms with Crippen molar-refractivity contribution >= 4 is 16.6 Å². The third kappa shape index (κ3) is 1.99. The smallest absolute Gasteiger partial charge is 0.211 e. The van der Waals surface area contributed by atoms with Gasteiger partial charge in [-0.3, -0.25) is 14.5 Å². The van der Waals surface area contributed by atoms with Crippen molar-refractivity contribution in [1.29, 1.82) is 0 Å². The van der Waals surface area contributed by atoms with E-state index < -0.39 is 0 Å². The van der Waals surface area contributed by atoms with E-state index in [0.29, 0.717) is 11.3 Å². The summed E-state index contributed by atoms with van der Waals surface area (Å²) < 4.78 is 1.65. The first-order valence-electron chi connectivity index (χ1n) is 6.61. The largest absolute Gasteiger partial charge is 0.287 e. The van der Waals surface area contributed by atoms with Crippen molar-refractivity contribution in [3.05, 3.63) is 59.7 Å². The molecule has 0 N–H and O–H groups in total. The van der Waals surface area contributed by atoms with Crippen LogP contribution in [0.4, 0.5) is 0 Å². The second kappa shape index (κ2) is 4.89. The summed E-state index contributed by atoms with van der Waals surface area (Å²) in [7, 11) is 1.80. The third-order valence-electron chi connectivity index (χ3n) is 3.45. The molecule has 0 saturated heterocycles. The second-order valence-electron chi connectivity index (χ2n) is 4.73. The van der Waals surface area contributed by atoms with Crippen molar-refractivity contribution in [2.75, 3.05) is 0 Å². The SMILES string of the molecule is CCc1cc(C(=O)c2cccc3cnccc23)n(C)n1. The first-order valence-corrected chi connectivity index (χ1v) is 6.61. The fourth-order valence-corrected chi connectivity index (χ4v) is 2.37. The molecule has 100 valence electrons. The van der Waals surface area contributed by atoms with E-state index in [1.165, 1.54) is 0 Å². The molecule has 20 heavy (non-hydrogen) atoms. The highest BCUT2D eigenvalue weighted by Crippen LogP contribution is 2.21. The standard InChI is InChI=1S/C16H15N3O/c1-3-12-9-15(19(2)18-12)16(20)14-6-4-5-11-10-17-8-7-13(11)14/h4-10H,3H2,1-2H3. The maximum Gasteiger partial charge on any atom is 0.211 e. The summed E-state index contributed by atoms with van der Waals surface area (Å²) in [5, 5.41) is 6.23. The Morgan fingerprint density at radius 1 is 1.30 bits per heavy atom. The van der Waals surface area contributed by atoms with Crippen LogP contribution >= 0.6 is 0 Å². The number of pyridine rings is 1. The Hall–Kier alpha value is -2.49.